The van der Waals surface area contributed by atoms with Crippen molar-refractivity contribution in [3.8, 4) is 11.3 Å². The molecule has 1 aromatic carbocycles. The van der Waals surface area contributed by atoms with Gasteiger partial charge in [-0.15, -0.1) is 15.2 Å². The summed E-state index contributed by atoms with van der Waals surface area (Å²) in [6.45, 7) is 1.75. The number of amides is 1. The van der Waals surface area contributed by atoms with E-state index in [4.69, 9.17) is 0 Å². The van der Waals surface area contributed by atoms with Crippen molar-refractivity contribution in [2.75, 3.05) is 11.4 Å². The molecule has 0 spiro atoms. The zero-order chi connectivity index (χ0) is 15.9. The second-order valence-electron chi connectivity index (χ2n) is 5.11. The van der Waals surface area contributed by atoms with Gasteiger partial charge in [-0.1, -0.05) is 12.1 Å². The fourth-order valence-corrected chi connectivity index (χ4v) is 3.73. The minimum absolute atomic E-state index is 0.156. The number of nitrogens with zero attached hydrogens (tertiary/aromatic N) is 2. The topological polar surface area (TPSA) is 67.3 Å². The van der Waals surface area contributed by atoms with Crippen LogP contribution >= 0.6 is 11.3 Å². The summed E-state index contributed by atoms with van der Waals surface area (Å²) in [5, 5.41) is 1.56. The highest BCUT2D eigenvalue weighted by Crippen LogP contribution is 2.30. The van der Waals surface area contributed by atoms with Gasteiger partial charge in [0.15, 0.2) is 0 Å². The Morgan fingerprint density at radius 2 is 2.18 bits per heavy atom. The van der Waals surface area contributed by atoms with E-state index < -0.39 is 21.4 Å². The summed E-state index contributed by atoms with van der Waals surface area (Å²) in [5.41, 5.74) is 2.19. The molecule has 3 rings (SSSR count). The van der Waals surface area contributed by atoms with Gasteiger partial charge in [0.1, 0.15) is 5.25 Å². The lowest BCUT2D eigenvalue weighted by Gasteiger charge is -2.16. The highest BCUT2D eigenvalue weighted by atomic mass is 32.3. The number of hydrogen-bond donors (Lipinski definition) is 0. The largest absolute Gasteiger partial charge is 0.311 e. The van der Waals surface area contributed by atoms with Crippen LogP contribution in [0.3, 0.4) is 0 Å². The molecule has 1 fully saturated rings. The van der Waals surface area contributed by atoms with Crippen molar-refractivity contribution in [1.82, 2.24) is 4.98 Å². The number of carbonyl (C=O) groups excluding carboxylic acids is 1. The van der Waals surface area contributed by atoms with E-state index >= 15 is 0 Å². The van der Waals surface area contributed by atoms with E-state index in [1.807, 2.05) is 18.4 Å². The highest BCUT2D eigenvalue weighted by Gasteiger charge is 2.39. The Hall–Kier alpha value is -1.80. The molecule has 2 aromatic rings. The number of carbonyl (C=O) groups is 1. The molecule has 0 N–H and O–H groups in total. The third-order valence-electron chi connectivity index (χ3n) is 3.56. The number of hydrogen-bond acceptors (Lipinski definition) is 5. The lowest BCUT2D eigenvalue weighted by Crippen LogP contribution is -2.26. The summed E-state index contributed by atoms with van der Waals surface area (Å²) in [6.07, 6.45) is -0.321. The molecule has 0 bridgehead atoms. The van der Waals surface area contributed by atoms with Gasteiger partial charge in [-0.05, 0) is 19.1 Å². The molecule has 0 aliphatic carbocycles. The van der Waals surface area contributed by atoms with E-state index in [1.165, 1.54) is 16.2 Å². The lowest BCUT2D eigenvalue weighted by molar-refractivity contribution is -0.117. The Labute approximate surface area is 131 Å². The standard InChI is InChI=1S/C14H13FN2O3S2/c1-9-16-13(8-21-9)10-3-2-4-11(5-10)17-7-12(6-14(17)18)22(15,19)20/h2-5,8,12H,6-7H2,1H3. The van der Waals surface area contributed by atoms with Crippen molar-refractivity contribution in [2.45, 2.75) is 18.6 Å². The monoisotopic (exact) mass is 340 g/mol. The summed E-state index contributed by atoms with van der Waals surface area (Å²) in [7, 11) is -4.71. The predicted octanol–water partition coefficient (Wildman–Crippen LogP) is 2.52. The van der Waals surface area contributed by atoms with Crippen LogP contribution in [0.4, 0.5) is 9.57 Å². The number of thiazole rings is 1. The highest BCUT2D eigenvalue weighted by molar-refractivity contribution is 7.87. The van der Waals surface area contributed by atoms with Gasteiger partial charge in [-0.25, -0.2) is 4.98 Å². The Balaban J connectivity index is 1.91. The van der Waals surface area contributed by atoms with Crippen LogP contribution in [0.1, 0.15) is 11.4 Å². The molecule has 0 radical (unpaired) electrons. The first kappa shape index (κ1) is 15.1. The molecule has 5 nitrogen and oxygen atoms in total. The summed E-state index contributed by atoms with van der Waals surface area (Å²) < 4.78 is 35.1. The van der Waals surface area contributed by atoms with Gasteiger partial charge >= 0.3 is 10.2 Å². The van der Waals surface area contributed by atoms with Crippen LogP contribution in [0.2, 0.25) is 0 Å². The van der Waals surface area contributed by atoms with Crippen LogP contribution in [0.5, 0.6) is 0 Å². The lowest BCUT2D eigenvalue weighted by atomic mass is 10.1. The van der Waals surface area contributed by atoms with Gasteiger partial charge in [0.05, 0.1) is 10.7 Å². The molecule has 1 saturated heterocycles. The van der Waals surface area contributed by atoms with Crippen LogP contribution in [0.15, 0.2) is 29.6 Å². The molecule has 8 heteroatoms. The zero-order valence-corrected chi connectivity index (χ0v) is 13.3. The van der Waals surface area contributed by atoms with Crippen molar-refractivity contribution in [3.63, 3.8) is 0 Å². The summed E-state index contributed by atoms with van der Waals surface area (Å²) in [5.74, 6) is -0.391. The van der Waals surface area contributed by atoms with Crippen LogP contribution in [0.25, 0.3) is 11.3 Å². The quantitative estimate of drug-likeness (QED) is 0.805. The molecule has 22 heavy (non-hydrogen) atoms. The predicted molar refractivity (Wildman–Crippen MR) is 83.1 cm³/mol. The zero-order valence-electron chi connectivity index (χ0n) is 11.7. The second kappa shape index (κ2) is 5.44. The molecular weight excluding hydrogens is 327 g/mol. The molecular formula is C14H13FN2O3S2. The van der Waals surface area contributed by atoms with Crippen LogP contribution in [-0.4, -0.2) is 31.1 Å². The molecule has 1 aromatic heterocycles. The fourth-order valence-electron chi connectivity index (χ4n) is 2.44. The van der Waals surface area contributed by atoms with Crippen molar-refractivity contribution < 1.29 is 17.1 Å². The van der Waals surface area contributed by atoms with E-state index in [2.05, 4.69) is 4.98 Å². The van der Waals surface area contributed by atoms with Crippen molar-refractivity contribution in [1.29, 1.82) is 0 Å². The molecule has 1 aliphatic rings. The molecule has 1 unspecified atom stereocenters. The number of halogens is 1. The van der Waals surface area contributed by atoms with Crippen molar-refractivity contribution in [2.24, 2.45) is 0 Å². The summed E-state index contributed by atoms with van der Waals surface area (Å²) in [6, 6.07) is 7.10. The van der Waals surface area contributed by atoms with E-state index in [9.17, 15) is 17.1 Å². The molecule has 2 heterocycles. The Morgan fingerprint density at radius 1 is 1.41 bits per heavy atom. The molecule has 1 atom stereocenters. The van der Waals surface area contributed by atoms with Gasteiger partial charge in [-0.2, -0.15) is 8.42 Å². The molecule has 0 saturated carbocycles. The number of benzene rings is 1. The maximum atomic E-state index is 13.1. The minimum Gasteiger partial charge on any atom is -0.311 e. The summed E-state index contributed by atoms with van der Waals surface area (Å²) >= 11 is 1.52. The average Bonchev–Trinajstić information content (AvgIpc) is 3.05. The van der Waals surface area contributed by atoms with E-state index in [0.717, 1.165) is 16.3 Å². The minimum atomic E-state index is -4.71. The van der Waals surface area contributed by atoms with Gasteiger partial charge < -0.3 is 4.90 Å². The van der Waals surface area contributed by atoms with E-state index in [-0.39, 0.29) is 13.0 Å². The Morgan fingerprint density at radius 3 is 2.77 bits per heavy atom. The molecule has 116 valence electrons. The number of aryl methyl sites for hydroxylation is 1. The van der Waals surface area contributed by atoms with Gasteiger partial charge in [0, 0.05) is 29.6 Å². The van der Waals surface area contributed by atoms with Crippen LogP contribution in [0, 0.1) is 6.92 Å². The van der Waals surface area contributed by atoms with Crippen molar-refractivity contribution in [3.05, 3.63) is 34.7 Å². The number of rotatable bonds is 3. The first-order valence-electron chi connectivity index (χ1n) is 6.61. The number of anilines is 1. The van der Waals surface area contributed by atoms with Crippen LogP contribution in [-0.2, 0) is 15.0 Å². The Kier molecular flexibility index (Phi) is 3.73. The van der Waals surface area contributed by atoms with Gasteiger partial charge in [0.2, 0.25) is 5.91 Å². The maximum Gasteiger partial charge on any atom is 0.307 e. The van der Waals surface area contributed by atoms with Gasteiger partial charge in [-0.3, -0.25) is 4.79 Å². The Bertz CT molecular complexity index is 832. The van der Waals surface area contributed by atoms with Crippen molar-refractivity contribution >= 4 is 33.2 Å². The normalized spacial score (nSPS) is 18.9. The number of aromatic nitrogens is 1. The maximum absolute atomic E-state index is 13.1. The van der Waals surface area contributed by atoms with Crippen LogP contribution < -0.4 is 4.90 Å². The van der Waals surface area contributed by atoms with E-state index in [1.54, 1.807) is 18.2 Å². The SMILES string of the molecule is Cc1nc(-c2cccc(N3CC(S(=O)(=O)F)CC3=O)c2)cs1. The molecule has 1 amide bonds. The first-order valence-corrected chi connectivity index (χ1v) is 8.93. The van der Waals surface area contributed by atoms with Gasteiger partial charge in [0.25, 0.3) is 0 Å². The third-order valence-corrected chi connectivity index (χ3v) is 5.45. The van der Waals surface area contributed by atoms with E-state index in [0.29, 0.717) is 5.69 Å². The average molecular weight is 340 g/mol. The second-order valence-corrected chi connectivity index (χ2v) is 7.79. The molecule has 1 aliphatic heterocycles. The first-order chi connectivity index (χ1) is 10.3. The summed E-state index contributed by atoms with van der Waals surface area (Å²) in [4.78, 5) is 17.7. The third kappa shape index (κ3) is 2.89. The smallest absolute Gasteiger partial charge is 0.307 e. The fraction of sp³-hybridized carbons (Fsp3) is 0.286.